The fraction of sp³-hybridized carbons (Fsp3) is 0.625. The van der Waals surface area contributed by atoms with E-state index >= 15 is 0 Å². The van der Waals surface area contributed by atoms with E-state index in [0.29, 0.717) is 19.4 Å². The maximum atomic E-state index is 12.9. The largest absolute Gasteiger partial charge is 0.335 e. The minimum absolute atomic E-state index is 0.0769. The van der Waals surface area contributed by atoms with Crippen LogP contribution in [-0.4, -0.2) is 76.5 Å². The molecule has 1 aromatic heterocycles. The van der Waals surface area contributed by atoms with Gasteiger partial charge in [-0.2, -0.15) is 5.10 Å². The molecule has 2 aliphatic heterocycles. The van der Waals surface area contributed by atoms with Crippen molar-refractivity contribution in [1.29, 1.82) is 0 Å². The Balaban J connectivity index is 1.90. The fourth-order valence-electron chi connectivity index (χ4n) is 3.64. The van der Waals surface area contributed by atoms with Gasteiger partial charge in [-0.3, -0.25) is 14.4 Å². The number of amides is 2. The molecule has 3 rings (SSSR count). The summed E-state index contributed by atoms with van der Waals surface area (Å²) in [6.07, 6.45) is 1.05. The fourth-order valence-corrected chi connectivity index (χ4v) is 5.62. The summed E-state index contributed by atoms with van der Waals surface area (Å²) in [5, 5.41) is 3.96. The van der Waals surface area contributed by atoms with Crippen LogP contribution in [0, 0.1) is 0 Å². The number of sulfone groups is 1. The minimum Gasteiger partial charge on any atom is -0.335 e. The van der Waals surface area contributed by atoms with Gasteiger partial charge in [-0.05, 0) is 12.5 Å². The van der Waals surface area contributed by atoms with Crippen LogP contribution in [-0.2, 0) is 21.7 Å². The first kappa shape index (κ1) is 18.6. The molecule has 2 saturated heterocycles. The van der Waals surface area contributed by atoms with Gasteiger partial charge in [-0.25, -0.2) is 13.1 Å². The monoisotopic (exact) mass is 382 g/mol. The standard InChI is InChI=1S/C16H22N4O5S/c1-3-4-15(22)19-7-8-20(13-10-26(24,25)9-12(13)19)16(23)11-5-6-14(21)18(2)17-11/h5-6,12-13H,3-4,7-10H2,1-2H3/t12-,13+/m1/s1. The molecule has 3 heterocycles. The summed E-state index contributed by atoms with van der Waals surface area (Å²) in [6, 6.07) is 1.49. The molecule has 2 atom stereocenters. The highest BCUT2D eigenvalue weighted by Crippen LogP contribution is 2.28. The molecule has 2 fully saturated rings. The SMILES string of the molecule is CCCC(=O)N1CCN(C(=O)c2ccc(=O)n(C)n2)[C@H]2CS(=O)(=O)C[C@H]21. The van der Waals surface area contributed by atoms with Crippen molar-refractivity contribution in [2.45, 2.75) is 31.8 Å². The van der Waals surface area contributed by atoms with E-state index in [1.165, 1.54) is 24.1 Å². The van der Waals surface area contributed by atoms with Crippen LogP contribution < -0.4 is 5.56 Å². The van der Waals surface area contributed by atoms with Gasteiger partial charge in [-0.15, -0.1) is 0 Å². The van der Waals surface area contributed by atoms with E-state index in [-0.39, 0.29) is 35.2 Å². The van der Waals surface area contributed by atoms with Gasteiger partial charge in [0.15, 0.2) is 9.84 Å². The van der Waals surface area contributed by atoms with Gasteiger partial charge < -0.3 is 9.80 Å². The van der Waals surface area contributed by atoms with Crippen LogP contribution in [0.4, 0.5) is 0 Å². The summed E-state index contributed by atoms with van der Waals surface area (Å²) >= 11 is 0. The molecule has 9 nitrogen and oxygen atoms in total. The number of fused-ring (bicyclic) bond motifs is 1. The van der Waals surface area contributed by atoms with Gasteiger partial charge in [0.1, 0.15) is 5.69 Å². The molecule has 0 aliphatic carbocycles. The van der Waals surface area contributed by atoms with Gasteiger partial charge >= 0.3 is 0 Å². The van der Waals surface area contributed by atoms with Crippen molar-refractivity contribution in [3.05, 3.63) is 28.2 Å². The Kier molecular flexibility index (Phi) is 4.87. The Hall–Kier alpha value is -2.23. The van der Waals surface area contributed by atoms with Gasteiger partial charge in [0.2, 0.25) is 5.91 Å². The zero-order chi connectivity index (χ0) is 19.1. The van der Waals surface area contributed by atoms with Crippen LogP contribution >= 0.6 is 0 Å². The number of aromatic nitrogens is 2. The van der Waals surface area contributed by atoms with Crippen LogP contribution in [0.1, 0.15) is 30.3 Å². The molecule has 0 radical (unpaired) electrons. The highest BCUT2D eigenvalue weighted by molar-refractivity contribution is 7.91. The van der Waals surface area contributed by atoms with Crippen molar-refractivity contribution < 1.29 is 18.0 Å². The molecule has 0 spiro atoms. The number of carbonyl (C=O) groups is 2. The van der Waals surface area contributed by atoms with Crippen molar-refractivity contribution in [1.82, 2.24) is 19.6 Å². The maximum absolute atomic E-state index is 12.9. The predicted octanol–water partition coefficient (Wildman–Crippen LogP) is -0.970. The molecule has 0 unspecified atom stereocenters. The lowest BCUT2D eigenvalue weighted by Gasteiger charge is -2.43. The van der Waals surface area contributed by atoms with Crippen LogP contribution in [0.5, 0.6) is 0 Å². The number of hydrogen-bond donors (Lipinski definition) is 0. The lowest BCUT2D eigenvalue weighted by atomic mass is 10.0. The highest BCUT2D eigenvalue weighted by Gasteiger charge is 2.49. The number of nitrogens with zero attached hydrogens (tertiary/aromatic N) is 4. The molecule has 142 valence electrons. The summed E-state index contributed by atoms with van der Waals surface area (Å²) in [4.78, 5) is 39.8. The zero-order valence-electron chi connectivity index (χ0n) is 14.8. The second kappa shape index (κ2) is 6.82. The first-order valence-electron chi connectivity index (χ1n) is 8.58. The normalized spacial score (nSPS) is 24.4. The van der Waals surface area contributed by atoms with E-state index in [0.717, 1.165) is 4.68 Å². The van der Waals surface area contributed by atoms with E-state index in [9.17, 15) is 22.8 Å². The van der Waals surface area contributed by atoms with Gasteiger partial charge in [0, 0.05) is 32.6 Å². The Labute approximate surface area is 151 Å². The second-order valence-corrected chi connectivity index (χ2v) is 8.88. The molecule has 10 heteroatoms. The third-order valence-electron chi connectivity index (χ3n) is 4.90. The van der Waals surface area contributed by atoms with Crippen LogP contribution in [0.2, 0.25) is 0 Å². The zero-order valence-corrected chi connectivity index (χ0v) is 15.6. The molecule has 2 aliphatic rings. The minimum atomic E-state index is -3.34. The number of carbonyl (C=O) groups excluding carboxylic acids is 2. The molecule has 0 saturated carbocycles. The van der Waals surface area contributed by atoms with Gasteiger partial charge in [0.05, 0.1) is 23.6 Å². The summed E-state index contributed by atoms with van der Waals surface area (Å²) in [5.41, 5.74) is -0.249. The first-order valence-corrected chi connectivity index (χ1v) is 10.4. The highest BCUT2D eigenvalue weighted by atomic mass is 32.2. The third kappa shape index (κ3) is 3.37. The lowest BCUT2D eigenvalue weighted by Crippen LogP contribution is -2.62. The number of hydrogen-bond acceptors (Lipinski definition) is 6. The molecule has 26 heavy (non-hydrogen) atoms. The molecule has 1 aromatic rings. The van der Waals surface area contributed by atoms with Crippen molar-refractivity contribution in [2.24, 2.45) is 7.05 Å². The Morgan fingerprint density at radius 3 is 2.38 bits per heavy atom. The van der Waals surface area contributed by atoms with Crippen molar-refractivity contribution >= 4 is 21.7 Å². The number of piperazine rings is 1. The van der Waals surface area contributed by atoms with Gasteiger partial charge in [-0.1, -0.05) is 6.92 Å². The summed E-state index contributed by atoms with van der Waals surface area (Å²) in [7, 11) is -1.89. The first-order chi connectivity index (χ1) is 12.2. The molecule has 2 amide bonds. The Bertz CT molecular complexity index is 894. The van der Waals surface area contributed by atoms with E-state index in [1.807, 2.05) is 6.92 Å². The van der Waals surface area contributed by atoms with Crippen LogP contribution in [0.3, 0.4) is 0 Å². The third-order valence-corrected chi connectivity index (χ3v) is 6.60. The van der Waals surface area contributed by atoms with E-state index in [4.69, 9.17) is 0 Å². The van der Waals surface area contributed by atoms with E-state index in [1.54, 1.807) is 4.90 Å². The lowest BCUT2D eigenvalue weighted by molar-refractivity contribution is -0.136. The summed E-state index contributed by atoms with van der Waals surface area (Å²) < 4.78 is 25.4. The number of rotatable bonds is 3. The predicted molar refractivity (Wildman–Crippen MR) is 93.4 cm³/mol. The molecule has 0 N–H and O–H groups in total. The molecule has 0 bridgehead atoms. The summed E-state index contributed by atoms with van der Waals surface area (Å²) in [5.74, 6) is -0.787. The summed E-state index contributed by atoms with van der Waals surface area (Å²) in [6.45, 7) is 2.44. The van der Waals surface area contributed by atoms with E-state index < -0.39 is 27.8 Å². The van der Waals surface area contributed by atoms with Crippen molar-refractivity contribution in [3.63, 3.8) is 0 Å². The van der Waals surface area contributed by atoms with Gasteiger partial charge in [0.25, 0.3) is 11.5 Å². The molecular formula is C16H22N4O5S. The Morgan fingerprint density at radius 2 is 1.77 bits per heavy atom. The smallest absolute Gasteiger partial charge is 0.274 e. The van der Waals surface area contributed by atoms with Crippen molar-refractivity contribution in [3.8, 4) is 0 Å². The Morgan fingerprint density at radius 1 is 1.15 bits per heavy atom. The second-order valence-electron chi connectivity index (χ2n) is 6.73. The molecule has 0 aromatic carbocycles. The topological polar surface area (TPSA) is 110 Å². The quantitative estimate of drug-likeness (QED) is 0.665. The van der Waals surface area contributed by atoms with Crippen molar-refractivity contribution in [2.75, 3.05) is 24.6 Å². The van der Waals surface area contributed by atoms with Crippen LogP contribution in [0.15, 0.2) is 16.9 Å². The van der Waals surface area contributed by atoms with Crippen LogP contribution in [0.25, 0.3) is 0 Å². The number of aryl methyl sites for hydroxylation is 1. The van der Waals surface area contributed by atoms with E-state index in [2.05, 4.69) is 5.10 Å². The maximum Gasteiger partial charge on any atom is 0.274 e. The average molecular weight is 382 g/mol. The molecular weight excluding hydrogens is 360 g/mol. The average Bonchev–Trinajstić information content (AvgIpc) is 2.90.